The van der Waals surface area contributed by atoms with E-state index >= 15 is 0 Å². The van der Waals surface area contributed by atoms with E-state index in [2.05, 4.69) is 15.3 Å². The summed E-state index contributed by atoms with van der Waals surface area (Å²) in [6, 6.07) is 11.7. The number of rotatable bonds is 7. The van der Waals surface area contributed by atoms with Gasteiger partial charge in [0, 0.05) is 24.6 Å². The van der Waals surface area contributed by atoms with Gasteiger partial charge in [0.1, 0.15) is 0 Å². The van der Waals surface area contributed by atoms with Gasteiger partial charge in [0.2, 0.25) is 5.91 Å². The first-order valence-electron chi connectivity index (χ1n) is 10.5. The van der Waals surface area contributed by atoms with Crippen LogP contribution in [0.25, 0.3) is 0 Å². The number of benzene rings is 2. The maximum absolute atomic E-state index is 12.8. The van der Waals surface area contributed by atoms with E-state index in [0.29, 0.717) is 48.6 Å². The molecule has 0 aliphatic carbocycles. The van der Waals surface area contributed by atoms with Crippen LogP contribution in [-0.4, -0.2) is 63.3 Å². The zero-order valence-electron chi connectivity index (χ0n) is 18.9. The van der Waals surface area contributed by atoms with E-state index in [1.165, 1.54) is 20.4 Å². The van der Waals surface area contributed by atoms with Crippen LogP contribution in [-0.2, 0) is 9.53 Å². The molecule has 2 amide bonds. The molecule has 0 spiro atoms. The molecule has 2 aromatic rings. The van der Waals surface area contributed by atoms with E-state index in [-0.39, 0.29) is 17.7 Å². The number of carbonyl (C=O) groups excluding carboxylic acids is 3. The Labute approximate surface area is 192 Å². The number of nitrogens with zero attached hydrogens (tertiary/aromatic N) is 2. The fourth-order valence-electron chi connectivity index (χ4n) is 3.58. The van der Waals surface area contributed by atoms with Crippen molar-refractivity contribution in [2.75, 3.05) is 34.4 Å². The Bertz CT molecular complexity index is 1030. The number of methoxy groups -OCH3 is 3. The van der Waals surface area contributed by atoms with Crippen molar-refractivity contribution in [3.63, 3.8) is 0 Å². The molecule has 3 rings (SSSR count). The fourth-order valence-corrected chi connectivity index (χ4v) is 3.58. The number of esters is 1. The van der Waals surface area contributed by atoms with Gasteiger partial charge in [-0.2, -0.15) is 5.10 Å². The molecular weight excluding hydrogens is 426 g/mol. The van der Waals surface area contributed by atoms with Gasteiger partial charge in [-0.15, -0.1) is 0 Å². The van der Waals surface area contributed by atoms with E-state index in [1.807, 2.05) is 0 Å². The zero-order chi connectivity index (χ0) is 23.8. The number of hydrogen-bond acceptors (Lipinski definition) is 7. The highest BCUT2D eigenvalue weighted by atomic mass is 16.5. The van der Waals surface area contributed by atoms with Gasteiger partial charge in [0.25, 0.3) is 5.91 Å². The number of hydrazone groups is 1. The maximum Gasteiger partial charge on any atom is 0.337 e. The lowest BCUT2D eigenvalue weighted by atomic mass is 9.95. The van der Waals surface area contributed by atoms with Crippen molar-refractivity contribution in [2.45, 2.75) is 12.8 Å². The van der Waals surface area contributed by atoms with Crippen molar-refractivity contribution in [1.29, 1.82) is 0 Å². The van der Waals surface area contributed by atoms with Crippen LogP contribution in [0.4, 0.5) is 0 Å². The van der Waals surface area contributed by atoms with E-state index < -0.39 is 5.97 Å². The molecule has 0 saturated carbocycles. The third kappa shape index (κ3) is 5.88. The minimum absolute atomic E-state index is 0.108. The molecule has 2 aromatic carbocycles. The number of hydrogen-bond donors (Lipinski definition) is 1. The van der Waals surface area contributed by atoms with Gasteiger partial charge in [0.05, 0.1) is 33.1 Å². The summed E-state index contributed by atoms with van der Waals surface area (Å²) >= 11 is 0. The third-order valence-electron chi connectivity index (χ3n) is 5.50. The predicted octanol–water partition coefficient (Wildman–Crippen LogP) is 2.49. The molecule has 0 atom stereocenters. The Balaban J connectivity index is 1.50. The Morgan fingerprint density at radius 1 is 0.939 bits per heavy atom. The number of likely N-dealkylation sites (tertiary alicyclic amines) is 1. The third-order valence-corrected chi connectivity index (χ3v) is 5.50. The van der Waals surface area contributed by atoms with Crippen molar-refractivity contribution in [1.82, 2.24) is 10.3 Å². The van der Waals surface area contributed by atoms with Crippen molar-refractivity contribution < 1.29 is 28.6 Å². The van der Waals surface area contributed by atoms with Gasteiger partial charge in [-0.1, -0.05) is 12.1 Å². The van der Waals surface area contributed by atoms with Crippen molar-refractivity contribution in [2.24, 2.45) is 11.0 Å². The second kappa shape index (κ2) is 11.1. The minimum atomic E-state index is -0.414. The Morgan fingerprint density at radius 3 is 2.18 bits per heavy atom. The molecule has 1 aliphatic rings. The summed E-state index contributed by atoms with van der Waals surface area (Å²) in [6.07, 6.45) is 2.61. The maximum atomic E-state index is 12.8. The monoisotopic (exact) mass is 453 g/mol. The lowest BCUT2D eigenvalue weighted by Crippen LogP contribution is -2.42. The molecule has 1 N–H and O–H groups in total. The van der Waals surface area contributed by atoms with Gasteiger partial charge in [-0.25, -0.2) is 10.2 Å². The van der Waals surface area contributed by atoms with Crippen molar-refractivity contribution in [3.8, 4) is 11.5 Å². The number of ether oxygens (including phenoxy) is 3. The van der Waals surface area contributed by atoms with E-state index in [1.54, 1.807) is 54.5 Å². The summed E-state index contributed by atoms with van der Waals surface area (Å²) in [6.45, 7) is 0.952. The first-order chi connectivity index (χ1) is 16.0. The van der Waals surface area contributed by atoms with Crippen LogP contribution in [0.3, 0.4) is 0 Å². The summed E-state index contributed by atoms with van der Waals surface area (Å²) in [7, 11) is 4.39. The van der Waals surface area contributed by atoms with E-state index in [0.717, 1.165) is 5.56 Å². The van der Waals surface area contributed by atoms with Crippen LogP contribution in [0.2, 0.25) is 0 Å². The van der Waals surface area contributed by atoms with Gasteiger partial charge < -0.3 is 19.1 Å². The molecule has 0 bridgehead atoms. The molecule has 174 valence electrons. The average Bonchev–Trinajstić information content (AvgIpc) is 2.87. The number of amides is 2. The van der Waals surface area contributed by atoms with E-state index in [9.17, 15) is 14.4 Å². The molecule has 9 heteroatoms. The highest BCUT2D eigenvalue weighted by Crippen LogP contribution is 2.29. The van der Waals surface area contributed by atoms with Crippen LogP contribution < -0.4 is 14.9 Å². The summed E-state index contributed by atoms with van der Waals surface area (Å²) < 4.78 is 15.1. The molecule has 1 heterocycles. The number of piperidine rings is 1. The second-order valence-electron chi connectivity index (χ2n) is 7.48. The van der Waals surface area contributed by atoms with Gasteiger partial charge in [-0.05, 0) is 48.7 Å². The lowest BCUT2D eigenvalue weighted by Gasteiger charge is -2.31. The number of nitrogens with one attached hydrogen (secondary N) is 1. The molecular formula is C24H27N3O6. The topological polar surface area (TPSA) is 107 Å². The molecule has 0 aromatic heterocycles. The second-order valence-corrected chi connectivity index (χ2v) is 7.48. The largest absolute Gasteiger partial charge is 0.493 e. The Morgan fingerprint density at radius 2 is 1.58 bits per heavy atom. The highest BCUT2D eigenvalue weighted by Gasteiger charge is 2.28. The fraction of sp³-hybridized carbons (Fsp3) is 0.333. The summed E-state index contributed by atoms with van der Waals surface area (Å²) in [5.41, 5.74) is 4.24. The zero-order valence-corrected chi connectivity index (χ0v) is 18.9. The Hall–Kier alpha value is -3.88. The summed E-state index contributed by atoms with van der Waals surface area (Å²) in [5, 5.41) is 4.00. The van der Waals surface area contributed by atoms with Gasteiger partial charge >= 0.3 is 5.97 Å². The van der Waals surface area contributed by atoms with Crippen LogP contribution in [0, 0.1) is 5.92 Å². The molecule has 0 radical (unpaired) electrons. The molecule has 33 heavy (non-hydrogen) atoms. The normalized spacial score (nSPS) is 14.1. The molecule has 1 aliphatic heterocycles. The van der Waals surface area contributed by atoms with Crippen molar-refractivity contribution in [3.05, 3.63) is 59.2 Å². The predicted molar refractivity (Wildman–Crippen MR) is 122 cm³/mol. The SMILES string of the molecule is COC(=O)c1ccc(/C=N\NC(=O)C2CCN(C(=O)c3ccc(OC)c(OC)c3)CC2)cc1. The molecule has 1 fully saturated rings. The van der Waals surface area contributed by atoms with Crippen LogP contribution in [0.15, 0.2) is 47.6 Å². The average molecular weight is 453 g/mol. The summed E-state index contributed by atoms with van der Waals surface area (Å²) in [4.78, 5) is 38.5. The molecule has 9 nitrogen and oxygen atoms in total. The van der Waals surface area contributed by atoms with Gasteiger partial charge in [0.15, 0.2) is 11.5 Å². The first-order valence-corrected chi connectivity index (χ1v) is 10.5. The molecule has 0 unspecified atom stereocenters. The van der Waals surface area contributed by atoms with Crippen molar-refractivity contribution >= 4 is 24.0 Å². The first kappa shape index (κ1) is 23.8. The minimum Gasteiger partial charge on any atom is -0.493 e. The van der Waals surface area contributed by atoms with Crippen LogP contribution in [0.5, 0.6) is 11.5 Å². The molecule has 1 saturated heterocycles. The van der Waals surface area contributed by atoms with Gasteiger partial charge in [-0.3, -0.25) is 9.59 Å². The standard InChI is InChI=1S/C24H27N3O6/c1-31-20-9-8-19(14-21(20)32-2)23(29)27-12-10-17(11-13-27)22(28)26-25-15-16-4-6-18(7-5-16)24(30)33-3/h4-9,14-15,17H,10-13H2,1-3H3,(H,26,28)/b25-15-. The summed E-state index contributed by atoms with van der Waals surface area (Å²) in [5.74, 6) is 0.125. The van der Waals surface area contributed by atoms with E-state index in [4.69, 9.17) is 9.47 Å². The highest BCUT2D eigenvalue weighted by molar-refractivity contribution is 5.95. The lowest BCUT2D eigenvalue weighted by molar-refractivity contribution is -0.126. The van der Waals surface area contributed by atoms with Crippen LogP contribution >= 0.6 is 0 Å². The smallest absolute Gasteiger partial charge is 0.337 e. The quantitative estimate of drug-likeness (QED) is 0.392. The number of carbonyl (C=O) groups is 3. The Kier molecular flexibility index (Phi) is 8.01. The van der Waals surface area contributed by atoms with Crippen LogP contribution in [0.1, 0.15) is 39.1 Å².